The highest BCUT2D eigenvalue weighted by Gasteiger charge is 2.35. The topological polar surface area (TPSA) is 89.1 Å². The Morgan fingerprint density at radius 2 is 2.15 bits per heavy atom. The molecule has 1 aliphatic rings. The molecule has 0 unspecified atom stereocenters. The summed E-state index contributed by atoms with van der Waals surface area (Å²) in [5.41, 5.74) is 6.59. The zero-order valence-electron chi connectivity index (χ0n) is 12.0. The normalized spacial score (nSPS) is 27.1. The Balaban J connectivity index is 1.98. The number of H-pyrrole nitrogens is 1. The molecular weight excluding hydrogens is 254 g/mol. The lowest BCUT2D eigenvalue weighted by Gasteiger charge is -2.35. The fraction of sp³-hybridized carbons (Fsp3) is 0.643. The van der Waals surface area contributed by atoms with E-state index in [9.17, 15) is 4.79 Å². The van der Waals surface area contributed by atoms with E-state index in [-0.39, 0.29) is 5.56 Å². The Morgan fingerprint density at radius 1 is 1.45 bits per heavy atom. The van der Waals surface area contributed by atoms with Crippen LogP contribution in [-0.4, -0.2) is 19.6 Å². The number of aryl methyl sites for hydroxylation is 1. The average molecular weight is 275 g/mol. The Morgan fingerprint density at radius 3 is 2.80 bits per heavy atom. The van der Waals surface area contributed by atoms with Gasteiger partial charge in [-0.25, -0.2) is 4.98 Å². The van der Waals surface area contributed by atoms with E-state index in [1.165, 1.54) is 17.0 Å². The van der Waals surface area contributed by atoms with E-state index in [2.05, 4.69) is 22.0 Å². The highest BCUT2D eigenvalue weighted by atomic mass is 16.1. The van der Waals surface area contributed by atoms with Gasteiger partial charge in [-0.1, -0.05) is 13.3 Å². The van der Waals surface area contributed by atoms with Crippen LogP contribution in [0, 0.1) is 12.8 Å². The van der Waals surface area contributed by atoms with Gasteiger partial charge in [0.25, 0.3) is 11.3 Å². The van der Waals surface area contributed by atoms with Crippen molar-refractivity contribution in [3.8, 4) is 0 Å². The standard InChI is InChI=1S/C14H21N5O/c1-3-10-4-6-14(15,7-5-10)12-17-13-16-9(2)8-11(20)19(13)18-12/h8,10H,3-7,15H2,1-2H3,(H,16,17,18). The van der Waals surface area contributed by atoms with Gasteiger partial charge in [0.05, 0.1) is 5.54 Å². The number of fused-ring (bicyclic) bond motifs is 1. The molecule has 108 valence electrons. The SMILES string of the molecule is CCC1CCC(N)(c2nc3nc(C)cc(=O)n3[nH]2)CC1. The van der Waals surface area contributed by atoms with E-state index in [1.54, 1.807) is 6.92 Å². The van der Waals surface area contributed by atoms with Crippen LogP contribution in [0.1, 0.15) is 50.5 Å². The van der Waals surface area contributed by atoms with E-state index in [0.29, 0.717) is 17.3 Å². The molecule has 0 amide bonds. The minimum Gasteiger partial charge on any atom is -0.319 e. The van der Waals surface area contributed by atoms with Crippen LogP contribution in [0.2, 0.25) is 0 Å². The first kappa shape index (κ1) is 13.3. The Labute approximate surface area is 117 Å². The van der Waals surface area contributed by atoms with Crippen molar-refractivity contribution in [1.82, 2.24) is 19.6 Å². The molecule has 3 N–H and O–H groups in total. The number of nitrogens with one attached hydrogen (secondary N) is 1. The molecular formula is C14H21N5O. The summed E-state index contributed by atoms with van der Waals surface area (Å²) in [6.45, 7) is 4.02. The van der Waals surface area contributed by atoms with Crippen molar-refractivity contribution in [2.45, 2.75) is 51.5 Å². The van der Waals surface area contributed by atoms with Crippen LogP contribution in [0.3, 0.4) is 0 Å². The van der Waals surface area contributed by atoms with Gasteiger partial charge in [0.1, 0.15) is 5.82 Å². The summed E-state index contributed by atoms with van der Waals surface area (Å²) in [5, 5.41) is 3.04. The highest BCUT2D eigenvalue weighted by molar-refractivity contribution is 5.29. The van der Waals surface area contributed by atoms with Crippen molar-refractivity contribution in [3.05, 3.63) is 27.9 Å². The number of nitrogens with zero attached hydrogens (tertiary/aromatic N) is 3. The van der Waals surface area contributed by atoms with Gasteiger partial charge >= 0.3 is 0 Å². The molecule has 1 saturated carbocycles. The van der Waals surface area contributed by atoms with Gasteiger partial charge in [0.2, 0.25) is 0 Å². The molecule has 0 radical (unpaired) electrons. The lowest BCUT2D eigenvalue weighted by Crippen LogP contribution is -2.41. The molecule has 3 rings (SSSR count). The fourth-order valence-corrected chi connectivity index (χ4v) is 3.05. The summed E-state index contributed by atoms with van der Waals surface area (Å²) in [6, 6.07) is 1.49. The zero-order chi connectivity index (χ0) is 14.3. The maximum atomic E-state index is 11.9. The molecule has 2 heterocycles. The number of nitrogens with two attached hydrogens (primary N) is 1. The van der Waals surface area contributed by atoms with Crippen LogP contribution in [-0.2, 0) is 5.54 Å². The molecule has 0 spiro atoms. The van der Waals surface area contributed by atoms with Crippen molar-refractivity contribution < 1.29 is 0 Å². The van der Waals surface area contributed by atoms with Crippen LogP contribution in [0.15, 0.2) is 10.9 Å². The molecule has 0 aliphatic heterocycles. The van der Waals surface area contributed by atoms with Crippen LogP contribution in [0.25, 0.3) is 5.78 Å². The van der Waals surface area contributed by atoms with Gasteiger partial charge in [-0.05, 0) is 38.5 Å². The van der Waals surface area contributed by atoms with Crippen molar-refractivity contribution in [1.29, 1.82) is 0 Å². The lowest BCUT2D eigenvalue weighted by atomic mass is 9.76. The number of aromatic nitrogens is 4. The summed E-state index contributed by atoms with van der Waals surface area (Å²) in [5.74, 6) is 1.86. The second-order valence-corrected chi connectivity index (χ2v) is 5.95. The second kappa shape index (κ2) is 4.70. The van der Waals surface area contributed by atoms with Crippen molar-refractivity contribution in [2.24, 2.45) is 11.7 Å². The zero-order valence-corrected chi connectivity index (χ0v) is 12.0. The lowest BCUT2D eigenvalue weighted by molar-refractivity contribution is 0.222. The van der Waals surface area contributed by atoms with Crippen LogP contribution in [0.5, 0.6) is 0 Å². The van der Waals surface area contributed by atoms with Gasteiger partial charge in [-0.3, -0.25) is 9.89 Å². The molecule has 0 aromatic carbocycles. The number of hydrogen-bond acceptors (Lipinski definition) is 4. The molecule has 6 heteroatoms. The quantitative estimate of drug-likeness (QED) is 0.868. The Hall–Kier alpha value is -1.69. The summed E-state index contributed by atoms with van der Waals surface area (Å²) in [7, 11) is 0. The second-order valence-electron chi connectivity index (χ2n) is 5.95. The maximum absolute atomic E-state index is 11.9. The van der Waals surface area contributed by atoms with Crippen LogP contribution >= 0.6 is 0 Å². The van der Waals surface area contributed by atoms with Gasteiger partial charge in [-0.2, -0.15) is 9.50 Å². The predicted octanol–water partition coefficient (Wildman–Crippen LogP) is 1.48. The fourth-order valence-electron chi connectivity index (χ4n) is 3.05. The molecule has 2 aromatic rings. The van der Waals surface area contributed by atoms with E-state index < -0.39 is 5.54 Å². The molecule has 1 aliphatic carbocycles. The van der Waals surface area contributed by atoms with Gasteiger partial charge in [0, 0.05) is 11.8 Å². The first-order valence-corrected chi connectivity index (χ1v) is 7.27. The number of hydrogen-bond donors (Lipinski definition) is 2. The minimum absolute atomic E-state index is 0.142. The molecule has 0 atom stereocenters. The maximum Gasteiger partial charge on any atom is 0.274 e. The Kier molecular flexibility index (Phi) is 3.12. The number of rotatable bonds is 2. The van der Waals surface area contributed by atoms with E-state index >= 15 is 0 Å². The molecule has 6 nitrogen and oxygen atoms in total. The third-order valence-corrected chi connectivity index (χ3v) is 4.50. The van der Waals surface area contributed by atoms with E-state index in [4.69, 9.17) is 5.73 Å². The average Bonchev–Trinajstić information content (AvgIpc) is 2.84. The molecule has 1 fully saturated rings. The molecule has 0 bridgehead atoms. The predicted molar refractivity (Wildman–Crippen MR) is 76.5 cm³/mol. The summed E-state index contributed by atoms with van der Waals surface area (Å²) in [4.78, 5) is 20.6. The summed E-state index contributed by atoms with van der Waals surface area (Å²) < 4.78 is 1.38. The first-order valence-electron chi connectivity index (χ1n) is 7.27. The number of aromatic amines is 1. The van der Waals surface area contributed by atoms with Crippen molar-refractivity contribution >= 4 is 5.78 Å². The van der Waals surface area contributed by atoms with Crippen molar-refractivity contribution in [2.75, 3.05) is 0 Å². The minimum atomic E-state index is -0.459. The monoisotopic (exact) mass is 275 g/mol. The van der Waals surface area contributed by atoms with E-state index in [1.807, 2.05) is 0 Å². The van der Waals surface area contributed by atoms with E-state index in [0.717, 1.165) is 31.6 Å². The third kappa shape index (κ3) is 2.14. The van der Waals surface area contributed by atoms with Gasteiger partial charge < -0.3 is 5.73 Å². The first-order chi connectivity index (χ1) is 9.51. The Bertz CT molecular complexity index is 678. The van der Waals surface area contributed by atoms with Gasteiger partial charge in [0.15, 0.2) is 0 Å². The molecule has 2 aromatic heterocycles. The summed E-state index contributed by atoms with van der Waals surface area (Å²) >= 11 is 0. The third-order valence-electron chi connectivity index (χ3n) is 4.50. The molecule has 0 saturated heterocycles. The van der Waals surface area contributed by atoms with Crippen molar-refractivity contribution in [3.63, 3.8) is 0 Å². The van der Waals surface area contributed by atoms with Gasteiger partial charge in [-0.15, -0.1) is 0 Å². The van der Waals surface area contributed by atoms with Crippen LogP contribution in [0.4, 0.5) is 0 Å². The molecule has 20 heavy (non-hydrogen) atoms. The van der Waals surface area contributed by atoms with Crippen LogP contribution < -0.4 is 11.3 Å². The summed E-state index contributed by atoms with van der Waals surface area (Å²) in [6.07, 6.45) is 5.24. The smallest absolute Gasteiger partial charge is 0.274 e. The largest absolute Gasteiger partial charge is 0.319 e. The highest BCUT2D eigenvalue weighted by Crippen LogP contribution is 2.37.